The number of hydrogen-bond donors (Lipinski definition) is 1. The molecule has 1 N–H and O–H groups in total. The van der Waals surface area contributed by atoms with Crippen molar-refractivity contribution in [2.45, 2.75) is 19.4 Å². The van der Waals surface area contributed by atoms with Crippen LogP contribution in [0.2, 0.25) is 10.2 Å². The summed E-state index contributed by atoms with van der Waals surface area (Å²) in [6, 6.07) is 7.39. The predicted octanol–water partition coefficient (Wildman–Crippen LogP) is 4.81. The van der Waals surface area contributed by atoms with Crippen LogP contribution >= 0.6 is 23.2 Å². The molecule has 2 aromatic rings. The number of rotatable bonds is 5. The van der Waals surface area contributed by atoms with E-state index in [9.17, 15) is 4.39 Å². The van der Waals surface area contributed by atoms with Gasteiger partial charge in [0.15, 0.2) is 5.22 Å². The third-order valence-corrected chi connectivity index (χ3v) is 3.29. The minimum atomic E-state index is -0.333. The molecule has 0 saturated heterocycles. The Morgan fingerprint density at radius 3 is 2.68 bits per heavy atom. The zero-order chi connectivity index (χ0) is 13.8. The first kappa shape index (κ1) is 14.4. The third kappa shape index (κ3) is 3.50. The van der Waals surface area contributed by atoms with Gasteiger partial charge in [0.1, 0.15) is 11.6 Å². The molecule has 0 bridgehead atoms. The van der Waals surface area contributed by atoms with Gasteiger partial charge in [0.25, 0.3) is 0 Å². The molecule has 19 heavy (non-hydrogen) atoms. The standard InChI is InChI=1S/C14H14Cl2FNO/c1-2-7-18-14(12-5-6-13(16)19-12)10-8-9(17)3-4-11(10)15/h3-6,8,14,18H,2,7H2,1H3. The minimum absolute atomic E-state index is 0.297. The van der Waals surface area contributed by atoms with Gasteiger partial charge >= 0.3 is 0 Å². The number of furan rings is 1. The van der Waals surface area contributed by atoms with E-state index in [0.29, 0.717) is 21.6 Å². The lowest BCUT2D eigenvalue weighted by Gasteiger charge is -2.18. The molecule has 1 aromatic heterocycles. The molecule has 1 heterocycles. The summed E-state index contributed by atoms with van der Waals surface area (Å²) in [5.74, 6) is 0.284. The van der Waals surface area contributed by atoms with Gasteiger partial charge in [0.05, 0.1) is 6.04 Å². The van der Waals surface area contributed by atoms with Gasteiger partial charge in [-0.2, -0.15) is 0 Å². The van der Waals surface area contributed by atoms with E-state index in [0.717, 1.165) is 13.0 Å². The summed E-state index contributed by atoms with van der Waals surface area (Å²) in [5.41, 5.74) is 0.640. The largest absolute Gasteiger partial charge is 0.448 e. The van der Waals surface area contributed by atoms with Crippen molar-refractivity contribution in [1.82, 2.24) is 5.32 Å². The molecule has 5 heteroatoms. The molecule has 0 fully saturated rings. The Kier molecular flexibility index (Phi) is 4.86. The van der Waals surface area contributed by atoms with Crippen molar-refractivity contribution in [2.24, 2.45) is 0 Å². The van der Waals surface area contributed by atoms with E-state index in [2.05, 4.69) is 5.32 Å². The van der Waals surface area contributed by atoms with Crippen LogP contribution in [0.15, 0.2) is 34.7 Å². The van der Waals surface area contributed by atoms with Gasteiger partial charge in [-0.05, 0) is 60.5 Å². The lowest BCUT2D eigenvalue weighted by Crippen LogP contribution is -2.23. The summed E-state index contributed by atoms with van der Waals surface area (Å²) >= 11 is 11.9. The molecule has 1 atom stereocenters. The fourth-order valence-electron chi connectivity index (χ4n) is 1.87. The van der Waals surface area contributed by atoms with Gasteiger partial charge < -0.3 is 9.73 Å². The second-order valence-corrected chi connectivity index (χ2v) is 4.97. The van der Waals surface area contributed by atoms with Gasteiger partial charge in [-0.15, -0.1) is 0 Å². The highest BCUT2D eigenvalue weighted by Gasteiger charge is 2.20. The second-order valence-electron chi connectivity index (χ2n) is 4.19. The van der Waals surface area contributed by atoms with Crippen molar-refractivity contribution in [3.05, 3.63) is 57.7 Å². The number of hydrogen-bond acceptors (Lipinski definition) is 2. The van der Waals surface area contributed by atoms with Crippen LogP contribution in [0.3, 0.4) is 0 Å². The lowest BCUT2D eigenvalue weighted by atomic mass is 10.0. The Hall–Kier alpha value is -1.03. The molecule has 0 spiro atoms. The predicted molar refractivity (Wildman–Crippen MR) is 75.3 cm³/mol. The second kappa shape index (κ2) is 6.42. The fourth-order valence-corrected chi connectivity index (χ4v) is 2.25. The molecule has 1 unspecified atom stereocenters. The molecule has 0 radical (unpaired) electrons. The minimum Gasteiger partial charge on any atom is -0.448 e. The summed E-state index contributed by atoms with van der Waals surface area (Å²) in [6.45, 7) is 2.81. The topological polar surface area (TPSA) is 25.2 Å². The highest BCUT2D eigenvalue weighted by atomic mass is 35.5. The molecule has 0 aliphatic carbocycles. The van der Waals surface area contributed by atoms with Crippen molar-refractivity contribution < 1.29 is 8.81 Å². The normalized spacial score (nSPS) is 12.6. The summed E-state index contributed by atoms with van der Waals surface area (Å²) in [7, 11) is 0. The van der Waals surface area contributed by atoms with Crippen molar-refractivity contribution in [3.8, 4) is 0 Å². The van der Waals surface area contributed by atoms with E-state index < -0.39 is 0 Å². The maximum atomic E-state index is 13.4. The van der Waals surface area contributed by atoms with Gasteiger partial charge in [0.2, 0.25) is 0 Å². The zero-order valence-electron chi connectivity index (χ0n) is 10.4. The Balaban J connectivity index is 2.39. The maximum absolute atomic E-state index is 13.4. The van der Waals surface area contributed by atoms with E-state index in [4.69, 9.17) is 27.6 Å². The van der Waals surface area contributed by atoms with Crippen LogP contribution in [0, 0.1) is 5.82 Å². The molecule has 1 aromatic carbocycles. The first-order chi connectivity index (χ1) is 9.11. The molecule has 0 saturated carbocycles. The Morgan fingerprint density at radius 2 is 2.05 bits per heavy atom. The molecule has 0 amide bonds. The lowest BCUT2D eigenvalue weighted by molar-refractivity contribution is 0.447. The Bertz CT molecular complexity index is 556. The molecule has 2 rings (SSSR count). The number of halogens is 3. The van der Waals surface area contributed by atoms with E-state index in [1.807, 2.05) is 6.92 Å². The quantitative estimate of drug-likeness (QED) is 0.857. The summed E-state index contributed by atoms with van der Waals surface area (Å²) in [5, 5.41) is 4.07. The van der Waals surface area contributed by atoms with Gasteiger partial charge in [0, 0.05) is 5.02 Å². The highest BCUT2D eigenvalue weighted by molar-refractivity contribution is 6.31. The SMILES string of the molecule is CCCNC(c1ccc(Cl)o1)c1cc(F)ccc1Cl. The van der Waals surface area contributed by atoms with Crippen molar-refractivity contribution >= 4 is 23.2 Å². The number of benzene rings is 1. The van der Waals surface area contributed by atoms with Gasteiger partial charge in [-0.1, -0.05) is 18.5 Å². The maximum Gasteiger partial charge on any atom is 0.193 e. The van der Waals surface area contributed by atoms with Crippen molar-refractivity contribution in [3.63, 3.8) is 0 Å². The van der Waals surface area contributed by atoms with Crippen LogP contribution < -0.4 is 5.32 Å². The van der Waals surface area contributed by atoms with Crippen LogP contribution in [-0.4, -0.2) is 6.54 Å². The molecular weight excluding hydrogens is 288 g/mol. The summed E-state index contributed by atoms with van der Waals surface area (Å²) < 4.78 is 18.8. The van der Waals surface area contributed by atoms with E-state index in [-0.39, 0.29) is 11.9 Å². The van der Waals surface area contributed by atoms with E-state index >= 15 is 0 Å². The van der Waals surface area contributed by atoms with Gasteiger partial charge in [-0.25, -0.2) is 4.39 Å². The number of nitrogens with one attached hydrogen (secondary N) is 1. The van der Waals surface area contributed by atoms with Crippen LogP contribution in [0.4, 0.5) is 4.39 Å². The van der Waals surface area contributed by atoms with Gasteiger partial charge in [-0.3, -0.25) is 0 Å². The van der Waals surface area contributed by atoms with Crippen molar-refractivity contribution in [2.75, 3.05) is 6.54 Å². The smallest absolute Gasteiger partial charge is 0.193 e. The average molecular weight is 302 g/mol. The molecule has 2 nitrogen and oxygen atoms in total. The van der Waals surface area contributed by atoms with Crippen molar-refractivity contribution in [1.29, 1.82) is 0 Å². The zero-order valence-corrected chi connectivity index (χ0v) is 11.9. The highest BCUT2D eigenvalue weighted by Crippen LogP contribution is 2.31. The third-order valence-electron chi connectivity index (χ3n) is 2.75. The monoisotopic (exact) mass is 301 g/mol. The van der Waals surface area contributed by atoms with Crippen LogP contribution in [0.5, 0.6) is 0 Å². The molecule has 102 valence electrons. The molecular formula is C14H14Cl2FNO. The molecule has 0 aliphatic heterocycles. The first-order valence-corrected chi connectivity index (χ1v) is 6.81. The molecule has 0 aliphatic rings. The average Bonchev–Trinajstić information content (AvgIpc) is 2.80. The Morgan fingerprint density at radius 1 is 1.26 bits per heavy atom. The summed E-state index contributed by atoms with van der Waals surface area (Å²) in [6.07, 6.45) is 0.942. The van der Waals surface area contributed by atoms with Crippen LogP contribution in [-0.2, 0) is 0 Å². The van der Waals surface area contributed by atoms with Crippen LogP contribution in [0.1, 0.15) is 30.7 Å². The fraction of sp³-hybridized carbons (Fsp3) is 0.286. The summed E-state index contributed by atoms with van der Waals surface area (Å²) in [4.78, 5) is 0. The Labute approximate surface area is 121 Å². The van der Waals surface area contributed by atoms with E-state index in [1.54, 1.807) is 12.1 Å². The van der Waals surface area contributed by atoms with E-state index in [1.165, 1.54) is 18.2 Å². The first-order valence-electron chi connectivity index (χ1n) is 6.05. The van der Waals surface area contributed by atoms with Crippen LogP contribution in [0.25, 0.3) is 0 Å².